The fraction of sp³-hybridized carbons (Fsp3) is 0.294. The van der Waals surface area contributed by atoms with E-state index in [-0.39, 0.29) is 11.9 Å². The van der Waals surface area contributed by atoms with Gasteiger partial charge in [-0.1, -0.05) is 6.07 Å². The molecule has 3 aromatic rings. The number of thiophene rings is 2. The molecule has 0 aliphatic carbocycles. The van der Waals surface area contributed by atoms with Gasteiger partial charge in [0.2, 0.25) is 0 Å². The van der Waals surface area contributed by atoms with E-state index >= 15 is 0 Å². The van der Waals surface area contributed by atoms with Crippen molar-refractivity contribution in [3.8, 4) is 0 Å². The summed E-state index contributed by atoms with van der Waals surface area (Å²) in [7, 11) is 0. The average Bonchev–Trinajstić information content (AvgIpc) is 3.32. The molecule has 0 aromatic carbocycles. The van der Waals surface area contributed by atoms with Gasteiger partial charge in [-0.2, -0.15) is 16.4 Å². The number of carbonyl (C=O) groups is 1. The summed E-state index contributed by atoms with van der Waals surface area (Å²) in [5.74, 6) is -0.0136. The molecular weight excluding hydrogens is 340 g/mol. The Labute approximate surface area is 148 Å². The maximum Gasteiger partial charge on any atom is 0.252 e. The van der Waals surface area contributed by atoms with Gasteiger partial charge in [-0.05, 0) is 29.0 Å². The summed E-state index contributed by atoms with van der Waals surface area (Å²) in [4.78, 5) is 16.0. The number of nitrogens with one attached hydrogen (secondary N) is 1. The molecule has 1 atom stereocenters. The van der Waals surface area contributed by atoms with Gasteiger partial charge in [0.05, 0.1) is 11.7 Å². The van der Waals surface area contributed by atoms with Crippen molar-refractivity contribution in [2.24, 2.45) is 0 Å². The molecule has 3 aromatic heterocycles. The summed E-state index contributed by atoms with van der Waals surface area (Å²) in [5.41, 5.74) is 1.93. The minimum Gasteiger partial charge on any atom is -0.350 e. The lowest BCUT2D eigenvalue weighted by Gasteiger charge is -2.33. The molecule has 0 spiro atoms. The molecule has 4 heterocycles. The highest BCUT2D eigenvalue weighted by Crippen LogP contribution is 2.23. The molecule has 24 heavy (non-hydrogen) atoms. The zero-order chi connectivity index (χ0) is 16.4. The van der Waals surface area contributed by atoms with E-state index in [1.54, 1.807) is 11.3 Å². The molecule has 7 heteroatoms. The lowest BCUT2D eigenvalue weighted by molar-refractivity contribution is 0.0933. The second-order valence-corrected chi connectivity index (χ2v) is 7.70. The number of amides is 1. The van der Waals surface area contributed by atoms with E-state index in [0.717, 1.165) is 25.2 Å². The summed E-state index contributed by atoms with van der Waals surface area (Å²) in [6.45, 7) is 3.31. The van der Waals surface area contributed by atoms with Crippen LogP contribution in [0.1, 0.15) is 27.0 Å². The molecule has 1 amide bonds. The van der Waals surface area contributed by atoms with Crippen LogP contribution in [0.5, 0.6) is 0 Å². The van der Waals surface area contributed by atoms with Gasteiger partial charge in [0, 0.05) is 48.2 Å². The molecule has 1 aliphatic heterocycles. The number of hydrogen-bond donors (Lipinski definition) is 1. The Morgan fingerprint density at radius 3 is 3.08 bits per heavy atom. The van der Waals surface area contributed by atoms with Crippen molar-refractivity contribution in [2.75, 3.05) is 13.1 Å². The molecule has 4 rings (SSSR count). The van der Waals surface area contributed by atoms with Crippen LogP contribution < -0.4 is 5.32 Å². The zero-order valence-electron chi connectivity index (χ0n) is 13.1. The zero-order valence-corrected chi connectivity index (χ0v) is 14.7. The molecule has 0 saturated carbocycles. The van der Waals surface area contributed by atoms with Crippen LogP contribution >= 0.6 is 22.7 Å². The fourth-order valence-electron chi connectivity index (χ4n) is 3.07. The monoisotopic (exact) mass is 358 g/mol. The van der Waals surface area contributed by atoms with Gasteiger partial charge in [-0.3, -0.25) is 14.4 Å². The van der Waals surface area contributed by atoms with Crippen molar-refractivity contribution in [3.05, 3.63) is 62.7 Å². The molecule has 1 aliphatic rings. The molecule has 0 bridgehead atoms. The van der Waals surface area contributed by atoms with E-state index in [4.69, 9.17) is 0 Å². The molecule has 0 fully saturated rings. The fourth-order valence-corrected chi connectivity index (χ4v) is 4.45. The first kappa shape index (κ1) is 15.6. The molecular formula is C17H18N4OS2. The van der Waals surface area contributed by atoms with E-state index in [1.807, 2.05) is 23.0 Å². The third-order valence-corrected chi connectivity index (χ3v) is 5.74. The normalized spacial score (nSPS) is 17.6. The predicted octanol–water partition coefficient (Wildman–Crippen LogP) is 2.99. The number of fused-ring (bicyclic) bond motifs is 1. The summed E-state index contributed by atoms with van der Waals surface area (Å²) in [6, 6.07) is 8.33. The van der Waals surface area contributed by atoms with Crippen molar-refractivity contribution >= 4 is 28.6 Å². The summed E-state index contributed by atoms with van der Waals surface area (Å²) >= 11 is 3.32. The quantitative estimate of drug-likeness (QED) is 0.763. The van der Waals surface area contributed by atoms with Gasteiger partial charge in [-0.25, -0.2) is 0 Å². The Bertz CT molecular complexity index is 795. The van der Waals surface area contributed by atoms with Gasteiger partial charge in [0.15, 0.2) is 0 Å². The van der Waals surface area contributed by atoms with Crippen LogP contribution in [-0.2, 0) is 13.1 Å². The van der Waals surface area contributed by atoms with Crippen molar-refractivity contribution < 1.29 is 4.79 Å². The van der Waals surface area contributed by atoms with E-state index in [2.05, 4.69) is 43.6 Å². The van der Waals surface area contributed by atoms with Crippen LogP contribution in [0.2, 0.25) is 0 Å². The second kappa shape index (κ2) is 6.88. The Morgan fingerprint density at radius 2 is 2.29 bits per heavy atom. The maximum absolute atomic E-state index is 12.2. The summed E-state index contributed by atoms with van der Waals surface area (Å²) in [5, 5.41) is 13.4. The van der Waals surface area contributed by atoms with Gasteiger partial charge in [-0.15, -0.1) is 11.3 Å². The van der Waals surface area contributed by atoms with E-state index in [9.17, 15) is 4.79 Å². The van der Waals surface area contributed by atoms with Crippen molar-refractivity contribution in [1.29, 1.82) is 0 Å². The van der Waals surface area contributed by atoms with Gasteiger partial charge < -0.3 is 5.32 Å². The number of hydrogen-bond acceptors (Lipinski definition) is 5. The van der Waals surface area contributed by atoms with Crippen molar-refractivity contribution in [3.63, 3.8) is 0 Å². The molecule has 0 radical (unpaired) electrons. The first-order valence-corrected chi connectivity index (χ1v) is 9.69. The van der Waals surface area contributed by atoms with Crippen molar-refractivity contribution in [2.45, 2.75) is 19.1 Å². The second-order valence-electron chi connectivity index (χ2n) is 5.89. The Kier molecular flexibility index (Phi) is 4.46. The highest BCUT2D eigenvalue weighted by molar-refractivity contribution is 7.09. The molecule has 0 unspecified atom stereocenters. The Balaban J connectivity index is 1.44. The molecule has 5 nitrogen and oxygen atoms in total. The number of rotatable bonds is 5. The van der Waals surface area contributed by atoms with Gasteiger partial charge >= 0.3 is 0 Å². The predicted molar refractivity (Wildman–Crippen MR) is 96.3 cm³/mol. The van der Waals surface area contributed by atoms with Crippen LogP contribution in [0.15, 0.2) is 46.6 Å². The molecule has 0 saturated heterocycles. The highest BCUT2D eigenvalue weighted by Gasteiger charge is 2.26. The SMILES string of the molecule is O=C(NC[C@@H]1CN(Cc2cccs2)Cc2ccnn21)c1ccsc1. The Morgan fingerprint density at radius 1 is 1.33 bits per heavy atom. The third-order valence-electron chi connectivity index (χ3n) is 4.19. The van der Waals surface area contributed by atoms with Gasteiger partial charge in [0.25, 0.3) is 5.91 Å². The summed E-state index contributed by atoms with van der Waals surface area (Å²) < 4.78 is 2.05. The lowest BCUT2D eigenvalue weighted by Crippen LogP contribution is -2.42. The smallest absolute Gasteiger partial charge is 0.252 e. The number of carbonyl (C=O) groups excluding carboxylic acids is 1. The largest absolute Gasteiger partial charge is 0.350 e. The first-order valence-electron chi connectivity index (χ1n) is 7.87. The average molecular weight is 358 g/mol. The molecule has 124 valence electrons. The molecule has 1 N–H and O–H groups in total. The van der Waals surface area contributed by atoms with Crippen LogP contribution in [0.25, 0.3) is 0 Å². The van der Waals surface area contributed by atoms with Crippen LogP contribution in [0.4, 0.5) is 0 Å². The maximum atomic E-state index is 12.2. The minimum absolute atomic E-state index is 0.0136. The van der Waals surface area contributed by atoms with E-state index < -0.39 is 0 Å². The van der Waals surface area contributed by atoms with Crippen LogP contribution in [0.3, 0.4) is 0 Å². The van der Waals surface area contributed by atoms with E-state index in [1.165, 1.54) is 21.9 Å². The first-order chi connectivity index (χ1) is 11.8. The van der Waals surface area contributed by atoms with Crippen LogP contribution in [0, 0.1) is 0 Å². The number of nitrogens with zero attached hydrogens (tertiary/aromatic N) is 3. The van der Waals surface area contributed by atoms with Crippen LogP contribution in [-0.4, -0.2) is 33.7 Å². The number of aromatic nitrogens is 2. The Hall–Kier alpha value is -1.96. The van der Waals surface area contributed by atoms with Gasteiger partial charge in [0.1, 0.15) is 0 Å². The van der Waals surface area contributed by atoms with E-state index in [0.29, 0.717) is 6.54 Å². The third kappa shape index (κ3) is 3.28. The lowest BCUT2D eigenvalue weighted by atomic mass is 10.1. The standard InChI is InChI=1S/C17H18N4OS2/c22-17(13-4-7-23-12-13)18-8-15-10-20(11-16-2-1-6-24-16)9-14-3-5-19-21(14)15/h1-7,12,15H,8-11H2,(H,18,22)/t15-/m1/s1. The van der Waals surface area contributed by atoms with Crippen molar-refractivity contribution in [1.82, 2.24) is 20.0 Å². The summed E-state index contributed by atoms with van der Waals surface area (Å²) in [6.07, 6.45) is 1.84. The topological polar surface area (TPSA) is 50.2 Å². The minimum atomic E-state index is -0.0136. The highest BCUT2D eigenvalue weighted by atomic mass is 32.1.